The van der Waals surface area contributed by atoms with Crippen LogP contribution < -0.4 is 0 Å². The van der Waals surface area contributed by atoms with E-state index in [1.54, 1.807) is 0 Å². The summed E-state index contributed by atoms with van der Waals surface area (Å²) in [6.45, 7) is 4.08. The van der Waals surface area contributed by atoms with Crippen LogP contribution >= 0.6 is 0 Å². The maximum Gasteiger partial charge on any atom is 0.0632 e. The fourth-order valence-corrected chi connectivity index (χ4v) is 1.38. The highest BCUT2D eigenvalue weighted by Crippen LogP contribution is 2.19. The highest BCUT2D eigenvalue weighted by molar-refractivity contribution is 5.37. The highest BCUT2D eigenvalue weighted by Gasteiger charge is 2.05. The summed E-state index contributed by atoms with van der Waals surface area (Å²) in [6.07, 6.45) is 9.50. The number of rotatable bonds is 2. The summed E-state index contributed by atoms with van der Waals surface area (Å²) in [6, 6.07) is 8.22. The second-order valence-corrected chi connectivity index (χ2v) is 3.03. The summed E-state index contributed by atoms with van der Waals surface area (Å²) in [7, 11) is 0. The zero-order chi connectivity index (χ0) is 9.68. The normalized spacial score (nSPS) is 12.7. The molecule has 0 fully saturated rings. The van der Waals surface area contributed by atoms with Crippen LogP contribution in [0.15, 0.2) is 36.4 Å². The highest BCUT2D eigenvalue weighted by atomic mass is 14.1. The number of allylic oxidation sites excluding steroid dienone is 2. The predicted molar refractivity (Wildman–Crippen MR) is 57.6 cm³/mol. The molecular formula is C13H14. The van der Waals surface area contributed by atoms with Crippen molar-refractivity contribution in [1.82, 2.24) is 0 Å². The summed E-state index contributed by atoms with van der Waals surface area (Å²) in [5.41, 5.74) is 2.48. The van der Waals surface area contributed by atoms with Gasteiger partial charge in [-0.05, 0) is 25.0 Å². The Morgan fingerprint density at radius 2 is 2.08 bits per heavy atom. The monoisotopic (exact) mass is 170 g/mol. The number of aryl methyl sites for hydroxylation is 1. The first-order valence-electron chi connectivity index (χ1n) is 4.44. The van der Waals surface area contributed by atoms with Gasteiger partial charge in [-0.1, -0.05) is 42.3 Å². The van der Waals surface area contributed by atoms with Gasteiger partial charge in [0.15, 0.2) is 0 Å². The lowest BCUT2D eigenvalue weighted by molar-refractivity contribution is 1.09. The second-order valence-electron chi connectivity index (χ2n) is 3.03. The molecule has 0 heterocycles. The van der Waals surface area contributed by atoms with Crippen LogP contribution in [-0.2, 0) is 0 Å². The summed E-state index contributed by atoms with van der Waals surface area (Å²) in [5.74, 6) is 2.89. The van der Waals surface area contributed by atoms with E-state index in [1.165, 1.54) is 11.1 Å². The summed E-state index contributed by atoms with van der Waals surface area (Å²) >= 11 is 0. The van der Waals surface area contributed by atoms with Gasteiger partial charge >= 0.3 is 0 Å². The molecule has 0 spiro atoms. The van der Waals surface area contributed by atoms with Crippen LogP contribution in [0.2, 0.25) is 0 Å². The third-order valence-corrected chi connectivity index (χ3v) is 2.09. The molecule has 0 saturated carbocycles. The topological polar surface area (TPSA) is 0 Å². The lowest BCUT2D eigenvalue weighted by Gasteiger charge is -2.08. The number of hydrogen-bond acceptors (Lipinski definition) is 0. The van der Waals surface area contributed by atoms with Crippen LogP contribution in [0.5, 0.6) is 0 Å². The third-order valence-electron chi connectivity index (χ3n) is 2.09. The van der Waals surface area contributed by atoms with Gasteiger partial charge in [0.25, 0.3) is 0 Å². The molecule has 0 nitrogen and oxygen atoms in total. The van der Waals surface area contributed by atoms with Gasteiger partial charge in [-0.25, -0.2) is 0 Å². The average molecular weight is 170 g/mol. The molecule has 0 heteroatoms. The Kier molecular flexibility index (Phi) is 3.34. The molecule has 1 aromatic carbocycles. The quantitative estimate of drug-likeness (QED) is 0.472. The number of hydrogen-bond donors (Lipinski definition) is 0. The lowest BCUT2D eigenvalue weighted by Crippen LogP contribution is -1.94. The maximum atomic E-state index is 5.46. The van der Waals surface area contributed by atoms with Crippen LogP contribution in [-0.4, -0.2) is 0 Å². The Hall–Kier alpha value is -1.48. The van der Waals surface area contributed by atoms with Gasteiger partial charge in [0.1, 0.15) is 0 Å². The maximum absolute atomic E-state index is 5.46. The number of benzene rings is 1. The average Bonchev–Trinajstić information content (AvgIpc) is 2.16. The molecule has 1 aromatic rings. The first-order valence-corrected chi connectivity index (χ1v) is 4.44. The fourth-order valence-electron chi connectivity index (χ4n) is 1.38. The summed E-state index contributed by atoms with van der Waals surface area (Å²) in [5, 5.41) is 0. The lowest BCUT2D eigenvalue weighted by atomic mass is 9.95. The van der Waals surface area contributed by atoms with Crippen molar-refractivity contribution in [2.24, 2.45) is 0 Å². The van der Waals surface area contributed by atoms with Gasteiger partial charge in [-0.2, -0.15) is 0 Å². The first-order chi connectivity index (χ1) is 6.29. The van der Waals surface area contributed by atoms with Crippen molar-refractivity contribution in [3.8, 4) is 12.3 Å². The van der Waals surface area contributed by atoms with Gasteiger partial charge in [-0.15, -0.1) is 6.42 Å². The van der Waals surface area contributed by atoms with Crippen molar-refractivity contribution in [1.29, 1.82) is 0 Å². The molecule has 0 aliphatic rings. The van der Waals surface area contributed by atoms with Gasteiger partial charge in [-0.3, -0.25) is 0 Å². The van der Waals surface area contributed by atoms with Crippen LogP contribution in [0.4, 0.5) is 0 Å². The molecule has 1 unspecified atom stereocenters. The number of terminal acetylenes is 1. The van der Waals surface area contributed by atoms with E-state index < -0.39 is 0 Å². The molecule has 0 N–H and O–H groups in total. The minimum absolute atomic E-state index is 0.117. The molecule has 1 rings (SSSR count). The molecule has 66 valence electrons. The largest absolute Gasteiger partial charge is 0.119 e. The van der Waals surface area contributed by atoms with E-state index in [-0.39, 0.29) is 5.92 Å². The smallest absolute Gasteiger partial charge is 0.0632 e. The predicted octanol–water partition coefficient (Wildman–Crippen LogP) is 3.29. The van der Waals surface area contributed by atoms with Crippen molar-refractivity contribution >= 4 is 0 Å². The van der Waals surface area contributed by atoms with E-state index in [0.29, 0.717) is 0 Å². The van der Waals surface area contributed by atoms with E-state index in [2.05, 4.69) is 25.0 Å². The fraction of sp³-hybridized carbons (Fsp3) is 0.231. The molecule has 0 aliphatic carbocycles. The Morgan fingerprint density at radius 1 is 1.38 bits per heavy atom. The Labute approximate surface area is 80.3 Å². The van der Waals surface area contributed by atoms with E-state index in [4.69, 9.17) is 6.42 Å². The van der Waals surface area contributed by atoms with Gasteiger partial charge < -0.3 is 0 Å². The molecule has 0 aromatic heterocycles. The summed E-state index contributed by atoms with van der Waals surface area (Å²) < 4.78 is 0. The third kappa shape index (κ3) is 2.23. The van der Waals surface area contributed by atoms with Gasteiger partial charge in [0.2, 0.25) is 0 Å². The molecule has 0 bridgehead atoms. The van der Waals surface area contributed by atoms with Crippen LogP contribution in [0.1, 0.15) is 24.0 Å². The van der Waals surface area contributed by atoms with Crippen LogP contribution in [0.25, 0.3) is 0 Å². The zero-order valence-corrected chi connectivity index (χ0v) is 8.12. The van der Waals surface area contributed by atoms with Crippen LogP contribution in [0, 0.1) is 19.3 Å². The molecule has 0 aliphatic heterocycles. The minimum atomic E-state index is 0.117. The van der Waals surface area contributed by atoms with Gasteiger partial charge in [0.05, 0.1) is 5.92 Å². The van der Waals surface area contributed by atoms with Crippen LogP contribution in [0.3, 0.4) is 0 Å². The van der Waals surface area contributed by atoms with E-state index in [1.807, 2.05) is 31.2 Å². The molecule has 13 heavy (non-hydrogen) atoms. The Balaban J connectivity index is 3.06. The Bertz CT molecular complexity index is 339. The molecule has 1 atom stereocenters. The van der Waals surface area contributed by atoms with E-state index in [0.717, 1.165) is 0 Å². The van der Waals surface area contributed by atoms with Crippen molar-refractivity contribution in [3.05, 3.63) is 47.5 Å². The molecule has 0 radical (unpaired) electrons. The molecular weight excluding hydrogens is 156 g/mol. The Morgan fingerprint density at radius 3 is 2.62 bits per heavy atom. The zero-order valence-electron chi connectivity index (χ0n) is 8.12. The van der Waals surface area contributed by atoms with Crippen molar-refractivity contribution in [3.63, 3.8) is 0 Å². The van der Waals surface area contributed by atoms with E-state index in [9.17, 15) is 0 Å². The first kappa shape index (κ1) is 9.61. The standard InChI is InChI=1S/C13H14/c1-4-8-12(5-2)13-10-7-6-9-11(13)3/h2,4,6-10,12H,1,3H3/b8-4-. The van der Waals surface area contributed by atoms with Gasteiger partial charge in [0, 0.05) is 0 Å². The minimum Gasteiger partial charge on any atom is -0.119 e. The molecule has 0 amide bonds. The van der Waals surface area contributed by atoms with Crippen molar-refractivity contribution in [2.45, 2.75) is 19.8 Å². The SMILES string of the molecule is C#CC(/C=C\C)c1ccccc1C. The molecule has 0 saturated heterocycles. The summed E-state index contributed by atoms with van der Waals surface area (Å²) in [4.78, 5) is 0. The second kappa shape index (κ2) is 4.52. The van der Waals surface area contributed by atoms with Crippen molar-refractivity contribution in [2.75, 3.05) is 0 Å². The van der Waals surface area contributed by atoms with Crippen molar-refractivity contribution < 1.29 is 0 Å². The van der Waals surface area contributed by atoms with E-state index >= 15 is 0 Å².